The number of aryl methyl sites for hydroxylation is 2. The van der Waals surface area contributed by atoms with Crippen LogP contribution >= 0.6 is 0 Å². The van der Waals surface area contributed by atoms with E-state index in [0.717, 1.165) is 59.3 Å². The predicted octanol–water partition coefficient (Wildman–Crippen LogP) is 6.17. The van der Waals surface area contributed by atoms with Gasteiger partial charge in [-0.15, -0.1) is 0 Å². The third-order valence-corrected chi connectivity index (χ3v) is 8.28. The van der Waals surface area contributed by atoms with Gasteiger partial charge in [-0.2, -0.15) is 0 Å². The smallest absolute Gasteiger partial charge is 0.227 e. The number of rotatable bonds is 11. The maximum absolute atomic E-state index is 13.0. The summed E-state index contributed by atoms with van der Waals surface area (Å²) in [5.74, 6) is -0.155. The Morgan fingerprint density at radius 3 is 2.59 bits per heavy atom. The van der Waals surface area contributed by atoms with Crippen LogP contribution in [0.4, 0.5) is 0 Å². The van der Waals surface area contributed by atoms with Gasteiger partial charge >= 0.3 is 0 Å². The molecule has 0 radical (unpaired) electrons. The Kier molecular flexibility index (Phi) is 9.55. The number of benzene rings is 2. The van der Waals surface area contributed by atoms with E-state index in [1.165, 1.54) is 11.1 Å². The molecule has 2 N–H and O–H groups in total. The van der Waals surface area contributed by atoms with Crippen LogP contribution in [0.15, 0.2) is 85.2 Å². The molecular formula is C35H40N4O2. The van der Waals surface area contributed by atoms with Crippen molar-refractivity contribution in [2.45, 2.75) is 77.7 Å². The zero-order valence-corrected chi connectivity index (χ0v) is 24.1. The van der Waals surface area contributed by atoms with Crippen LogP contribution in [-0.2, 0) is 37.5 Å². The summed E-state index contributed by atoms with van der Waals surface area (Å²) in [5, 5.41) is 13.5. The van der Waals surface area contributed by atoms with Crippen molar-refractivity contribution in [1.29, 1.82) is 0 Å². The minimum absolute atomic E-state index is 0.0219. The zero-order chi connectivity index (χ0) is 28.6. The topological polar surface area (TPSA) is 78.4 Å². The molecule has 1 aliphatic rings. The van der Waals surface area contributed by atoms with Gasteiger partial charge in [-0.1, -0.05) is 67.6 Å². The van der Waals surface area contributed by atoms with Gasteiger partial charge in [0.2, 0.25) is 5.91 Å². The molecule has 2 aromatic carbocycles. The number of hydrogen-bond acceptors (Lipinski definition) is 5. The Bertz CT molecular complexity index is 1460. The molecule has 2 aromatic heterocycles. The average Bonchev–Trinajstić information content (AvgIpc) is 3.01. The summed E-state index contributed by atoms with van der Waals surface area (Å²) >= 11 is 0. The monoisotopic (exact) mass is 548 g/mol. The number of carbonyl (C=O) groups is 1. The lowest BCUT2D eigenvalue weighted by molar-refractivity contribution is -0.122. The summed E-state index contributed by atoms with van der Waals surface area (Å²) in [6, 6.07) is 24.6. The number of carbonyl (C=O) groups excluding carboxylic acids is 1. The number of fused-ring (bicyclic) bond motifs is 1. The molecule has 1 aliphatic carbocycles. The molecular weight excluding hydrogens is 508 g/mol. The first kappa shape index (κ1) is 28.7. The van der Waals surface area contributed by atoms with Crippen LogP contribution in [-0.4, -0.2) is 25.9 Å². The molecule has 6 nitrogen and oxygen atoms in total. The van der Waals surface area contributed by atoms with Crippen LogP contribution in [0.3, 0.4) is 0 Å². The summed E-state index contributed by atoms with van der Waals surface area (Å²) in [5.41, 5.74) is 8.67. The van der Waals surface area contributed by atoms with Gasteiger partial charge in [-0.05, 0) is 78.1 Å². The Balaban J connectivity index is 1.36. The number of aliphatic hydroxyl groups is 1. The maximum Gasteiger partial charge on any atom is 0.227 e. The van der Waals surface area contributed by atoms with E-state index in [-0.39, 0.29) is 24.5 Å². The van der Waals surface area contributed by atoms with E-state index in [4.69, 9.17) is 9.97 Å². The highest BCUT2D eigenvalue weighted by Crippen LogP contribution is 2.35. The van der Waals surface area contributed by atoms with Crippen molar-refractivity contribution in [3.05, 3.63) is 130 Å². The highest BCUT2D eigenvalue weighted by Gasteiger charge is 2.28. The van der Waals surface area contributed by atoms with E-state index in [1.807, 2.05) is 67.8 Å². The van der Waals surface area contributed by atoms with Crippen molar-refractivity contribution in [3.63, 3.8) is 0 Å². The molecule has 4 aromatic rings. The van der Waals surface area contributed by atoms with E-state index in [9.17, 15) is 9.90 Å². The second-order valence-electron chi connectivity index (χ2n) is 11.0. The first-order chi connectivity index (χ1) is 20.1. The molecule has 212 valence electrons. The van der Waals surface area contributed by atoms with Crippen molar-refractivity contribution in [3.8, 4) is 0 Å². The SMILES string of the molecule is CCC(C(=O)NCc1ccc(CN(Cc2ncccc2C)C2CCCc3cccnc32)c(CO)c1)c1ccccc1. The second kappa shape index (κ2) is 13.7. The Morgan fingerprint density at radius 1 is 1.00 bits per heavy atom. The molecule has 1 amide bonds. The second-order valence-corrected chi connectivity index (χ2v) is 11.0. The highest BCUT2D eigenvalue weighted by molar-refractivity contribution is 5.83. The fraction of sp³-hybridized carbons (Fsp3) is 0.343. The molecule has 6 heteroatoms. The third-order valence-electron chi connectivity index (χ3n) is 8.28. The number of nitrogens with zero attached hydrogens (tertiary/aromatic N) is 3. The molecule has 2 unspecified atom stereocenters. The molecule has 5 rings (SSSR count). The van der Waals surface area contributed by atoms with Crippen LogP contribution in [0.25, 0.3) is 0 Å². The van der Waals surface area contributed by atoms with Crippen LogP contribution in [0, 0.1) is 6.92 Å². The molecule has 0 aliphatic heterocycles. The molecule has 0 spiro atoms. The van der Waals surface area contributed by atoms with E-state index in [2.05, 4.69) is 41.4 Å². The summed E-state index contributed by atoms with van der Waals surface area (Å²) in [6.07, 6.45) is 7.70. The minimum Gasteiger partial charge on any atom is -0.392 e. The number of hydrogen-bond donors (Lipinski definition) is 2. The number of amides is 1. The van der Waals surface area contributed by atoms with Gasteiger partial charge in [0, 0.05) is 32.0 Å². The van der Waals surface area contributed by atoms with E-state index >= 15 is 0 Å². The summed E-state index contributed by atoms with van der Waals surface area (Å²) in [4.78, 5) is 25.0. The maximum atomic E-state index is 13.0. The van der Waals surface area contributed by atoms with Crippen molar-refractivity contribution in [2.24, 2.45) is 0 Å². The van der Waals surface area contributed by atoms with Crippen LogP contribution < -0.4 is 5.32 Å². The number of pyridine rings is 2. The van der Waals surface area contributed by atoms with Crippen molar-refractivity contribution in [2.75, 3.05) is 0 Å². The van der Waals surface area contributed by atoms with Crippen LogP contribution in [0.1, 0.15) is 82.9 Å². The molecule has 0 bridgehead atoms. The lowest BCUT2D eigenvalue weighted by Crippen LogP contribution is -2.32. The van der Waals surface area contributed by atoms with Gasteiger partial charge in [0.05, 0.1) is 30.0 Å². The molecule has 0 saturated heterocycles. The Morgan fingerprint density at radius 2 is 1.80 bits per heavy atom. The Hall–Kier alpha value is -3.87. The van der Waals surface area contributed by atoms with E-state index < -0.39 is 0 Å². The zero-order valence-electron chi connectivity index (χ0n) is 24.1. The first-order valence-electron chi connectivity index (χ1n) is 14.7. The number of aliphatic hydroxyl groups excluding tert-OH is 1. The Labute approximate surface area is 243 Å². The van der Waals surface area contributed by atoms with Gasteiger partial charge in [0.25, 0.3) is 0 Å². The highest BCUT2D eigenvalue weighted by atomic mass is 16.3. The van der Waals surface area contributed by atoms with Gasteiger partial charge in [0.1, 0.15) is 0 Å². The lowest BCUT2D eigenvalue weighted by atomic mass is 9.90. The lowest BCUT2D eigenvalue weighted by Gasteiger charge is -2.35. The molecule has 0 fully saturated rings. The number of nitrogens with one attached hydrogen (secondary N) is 1. The molecule has 2 heterocycles. The standard InChI is InChI=1S/C35H40N4O2/c1-3-31(27-11-5-4-6-12-27)35(41)38-21-26-16-17-29(30(20-26)24-40)22-39(23-32-25(2)10-8-18-36-32)33-15-7-13-28-14-9-19-37-34(28)33/h4-6,8-12,14,16-20,31,33,40H,3,7,13,15,21-24H2,1-2H3,(H,38,41). The fourth-order valence-electron chi connectivity index (χ4n) is 5.97. The molecule has 41 heavy (non-hydrogen) atoms. The average molecular weight is 549 g/mol. The van der Waals surface area contributed by atoms with Gasteiger partial charge in [0.15, 0.2) is 0 Å². The summed E-state index contributed by atoms with van der Waals surface area (Å²) in [6.45, 7) is 5.88. The summed E-state index contributed by atoms with van der Waals surface area (Å²) < 4.78 is 0. The fourth-order valence-corrected chi connectivity index (χ4v) is 5.97. The normalized spacial score (nSPS) is 15.4. The van der Waals surface area contributed by atoms with Gasteiger partial charge in [-0.3, -0.25) is 19.7 Å². The van der Waals surface area contributed by atoms with E-state index in [1.54, 1.807) is 0 Å². The van der Waals surface area contributed by atoms with Crippen molar-refractivity contribution in [1.82, 2.24) is 20.2 Å². The molecule has 0 saturated carbocycles. The van der Waals surface area contributed by atoms with Crippen LogP contribution in [0.2, 0.25) is 0 Å². The van der Waals surface area contributed by atoms with E-state index in [0.29, 0.717) is 19.6 Å². The van der Waals surface area contributed by atoms with Crippen molar-refractivity contribution < 1.29 is 9.90 Å². The number of aromatic nitrogens is 2. The van der Waals surface area contributed by atoms with Gasteiger partial charge in [-0.25, -0.2) is 0 Å². The summed E-state index contributed by atoms with van der Waals surface area (Å²) in [7, 11) is 0. The molecule has 2 atom stereocenters. The van der Waals surface area contributed by atoms with Gasteiger partial charge < -0.3 is 10.4 Å². The predicted molar refractivity (Wildman–Crippen MR) is 162 cm³/mol. The largest absolute Gasteiger partial charge is 0.392 e. The first-order valence-corrected chi connectivity index (χ1v) is 14.7. The quantitative estimate of drug-likeness (QED) is 0.234. The van der Waals surface area contributed by atoms with Crippen molar-refractivity contribution >= 4 is 5.91 Å². The third kappa shape index (κ3) is 6.89. The minimum atomic E-state index is -0.177. The van der Waals surface area contributed by atoms with Crippen LogP contribution in [0.5, 0.6) is 0 Å².